The number of allylic oxidation sites excluding steroid dienone is 1. The zero-order valence-corrected chi connectivity index (χ0v) is 18.3. The standard InChI is InChI=1S/C20H19BrClN3O4/c1-10-17(19(26)24-12-6-4-11(22)5-7-12)18(25-20(27)23-10)13-8-15(28-2)16(29-3)9-14(13)21/h4-9,18H,1-3H3,(H,24,26)(H2,23,25,27)/t18-/m0/s1. The molecule has 0 aliphatic carbocycles. The molecule has 3 N–H and O–H groups in total. The molecule has 3 amide bonds. The fraction of sp³-hybridized carbons (Fsp3) is 0.200. The summed E-state index contributed by atoms with van der Waals surface area (Å²) in [4.78, 5) is 25.2. The molecule has 0 aromatic heterocycles. The number of hydrogen-bond donors (Lipinski definition) is 3. The normalized spacial score (nSPS) is 16.0. The first-order chi connectivity index (χ1) is 13.8. The Hall–Kier alpha value is -2.71. The fourth-order valence-corrected chi connectivity index (χ4v) is 3.73. The lowest BCUT2D eigenvalue weighted by Gasteiger charge is -2.29. The molecule has 1 aliphatic heterocycles. The first-order valence-corrected chi connectivity index (χ1v) is 9.77. The fourth-order valence-electron chi connectivity index (χ4n) is 3.05. The molecular weight excluding hydrogens is 462 g/mol. The lowest BCUT2D eigenvalue weighted by atomic mass is 9.94. The van der Waals surface area contributed by atoms with Crippen LogP contribution >= 0.6 is 27.5 Å². The number of benzene rings is 2. The number of carbonyl (C=O) groups is 2. The van der Waals surface area contributed by atoms with Gasteiger partial charge in [-0.05, 0) is 48.9 Å². The van der Waals surface area contributed by atoms with Crippen molar-refractivity contribution in [3.63, 3.8) is 0 Å². The summed E-state index contributed by atoms with van der Waals surface area (Å²) in [6, 6.07) is 9.11. The van der Waals surface area contributed by atoms with Crippen LogP contribution in [-0.4, -0.2) is 26.2 Å². The van der Waals surface area contributed by atoms with E-state index in [1.165, 1.54) is 14.2 Å². The second kappa shape index (κ2) is 8.75. The van der Waals surface area contributed by atoms with Crippen LogP contribution in [0.3, 0.4) is 0 Å². The number of anilines is 1. The largest absolute Gasteiger partial charge is 0.493 e. The molecule has 0 fully saturated rings. The van der Waals surface area contributed by atoms with Crippen molar-refractivity contribution in [3.05, 3.63) is 62.7 Å². The molecule has 0 spiro atoms. The van der Waals surface area contributed by atoms with E-state index in [0.29, 0.717) is 43.5 Å². The predicted molar refractivity (Wildman–Crippen MR) is 114 cm³/mol. The monoisotopic (exact) mass is 479 g/mol. The van der Waals surface area contributed by atoms with E-state index in [9.17, 15) is 9.59 Å². The molecule has 1 aliphatic rings. The third-order valence-corrected chi connectivity index (χ3v) is 5.37. The summed E-state index contributed by atoms with van der Waals surface area (Å²) in [7, 11) is 3.05. The molecule has 0 saturated carbocycles. The van der Waals surface area contributed by atoms with Crippen LogP contribution in [-0.2, 0) is 4.79 Å². The first kappa shape index (κ1) is 21.0. The maximum absolute atomic E-state index is 13.1. The van der Waals surface area contributed by atoms with E-state index in [0.717, 1.165) is 0 Å². The summed E-state index contributed by atoms with van der Waals surface area (Å²) in [5.41, 5.74) is 2.05. The Kier molecular flexibility index (Phi) is 6.34. The van der Waals surface area contributed by atoms with E-state index in [4.69, 9.17) is 21.1 Å². The number of methoxy groups -OCH3 is 2. The van der Waals surface area contributed by atoms with Crippen LogP contribution in [0.15, 0.2) is 52.1 Å². The Morgan fingerprint density at radius 1 is 1.14 bits per heavy atom. The van der Waals surface area contributed by atoms with E-state index in [2.05, 4.69) is 31.9 Å². The number of rotatable bonds is 5. The van der Waals surface area contributed by atoms with Crippen molar-refractivity contribution in [2.45, 2.75) is 13.0 Å². The summed E-state index contributed by atoms with van der Waals surface area (Å²) in [6.07, 6.45) is 0. The minimum absolute atomic E-state index is 0.357. The first-order valence-electron chi connectivity index (χ1n) is 8.60. The summed E-state index contributed by atoms with van der Waals surface area (Å²) in [6.45, 7) is 1.68. The lowest BCUT2D eigenvalue weighted by molar-refractivity contribution is -0.113. The molecule has 2 aromatic carbocycles. The van der Waals surface area contributed by atoms with Gasteiger partial charge < -0.3 is 25.4 Å². The number of ether oxygens (including phenoxy) is 2. The average Bonchev–Trinajstić information content (AvgIpc) is 2.68. The maximum atomic E-state index is 13.1. The molecular formula is C20H19BrClN3O4. The van der Waals surface area contributed by atoms with Gasteiger partial charge in [0, 0.05) is 20.9 Å². The van der Waals surface area contributed by atoms with Gasteiger partial charge in [-0.2, -0.15) is 0 Å². The van der Waals surface area contributed by atoms with E-state index in [1.807, 2.05) is 0 Å². The summed E-state index contributed by atoms with van der Waals surface area (Å²) in [5, 5.41) is 8.86. The number of carbonyl (C=O) groups excluding carboxylic acids is 2. The molecule has 3 rings (SSSR count). The van der Waals surface area contributed by atoms with Crippen LogP contribution in [0.5, 0.6) is 11.5 Å². The molecule has 2 aromatic rings. The number of nitrogens with one attached hydrogen (secondary N) is 3. The second-order valence-electron chi connectivity index (χ2n) is 6.26. The Morgan fingerprint density at radius 3 is 2.38 bits per heavy atom. The summed E-state index contributed by atoms with van der Waals surface area (Å²) in [5.74, 6) is 0.647. The van der Waals surface area contributed by atoms with E-state index in [1.54, 1.807) is 43.3 Å². The molecule has 152 valence electrons. The van der Waals surface area contributed by atoms with Gasteiger partial charge in [0.2, 0.25) is 0 Å². The minimum Gasteiger partial charge on any atom is -0.493 e. The minimum atomic E-state index is -0.703. The van der Waals surface area contributed by atoms with Crippen molar-refractivity contribution in [3.8, 4) is 11.5 Å². The Labute approximate surface area is 181 Å². The van der Waals surface area contributed by atoms with Gasteiger partial charge in [-0.1, -0.05) is 27.5 Å². The molecule has 9 heteroatoms. The maximum Gasteiger partial charge on any atom is 0.319 e. The molecule has 0 saturated heterocycles. The number of amides is 3. The highest BCUT2D eigenvalue weighted by Crippen LogP contribution is 2.39. The lowest BCUT2D eigenvalue weighted by Crippen LogP contribution is -2.46. The van der Waals surface area contributed by atoms with Crippen LogP contribution in [0.2, 0.25) is 5.02 Å². The van der Waals surface area contributed by atoms with Gasteiger partial charge >= 0.3 is 6.03 Å². The molecule has 0 bridgehead atoms. The van der Waals surface area contributed by atoms with Crippen LogP contribution < -0.4 is 25.4 Å². The van der Waals surface area contributed by atoms with Gasteiger partial charge in [0.15, 0.2) is 11.5 Å². The summed E-state index contributed by atoms with van der Waals surface area (Å²) < 4.78 is 11.3. The van der Waals surface area contributed by atoms with E-state index in [-0.39, 0.29) is 5.91 Å². The van der Waals surface area contributed by atoms with Crippen LogP contribution in [0.4, 0.5) is 10.5 Å². The predicted octanol–water partition coefficient (Wildman–Crippen LogP) is 4.39. The second-order valence-corrected chi connectivity index (χ2v) is 7.55. The molecule has 0 radical (unpaired) electrons. The average molecular weight is 481 g/mol. The Balaban J connectivity index is 2.02. The van der Waals surface area contributed by atoms with E-state index < -0.39 is 12.1 Å². The number of halogens is 2. The third-order valence-electron chi connectivity index (χ3n) is 4.43. The molecule has 1 atom stereocenters. The zero-order valence-electron chi connectivity index (χ0n) is 15.9. The summed E-state index contributed by atoms with van der Waals surface area (Å²) >= 11 is 9.41. The highest BCUT2D eigenvalue weighted by atomic mass is 79.9. The van der Waals surface area contributed by atoms with Crippen molar-refractivity contribution in [1.82, 2.24) is 10.6 Å². The Bertz CT molecular complexity index is 992. The van der Waals surface area contributed by atoms with Crippen LogP contribution in [0, 0.1) is 0 Å². The third kappa shape index (κ3) is 4.49. The quantitative estimate of drug-likeness (QED) is 0.592. The van der Waals surface area contributed by atoms with Crippen LogP contribution in [0.1, 0.15) is 18.5 Å². The molecule has 0 unspecified atom stereocenters. The van der Waals surface area contributed by atoms with Crippen molar-refractivity contribution in [1.29, 1.82) is 0 Å². The van der Waals surface area contributed by atoms with Crippen molar-refractivity contribution in [2.24, 2.45) is 0 Å². The van der Waals surface area contributed by atoms with Crippen molar-refractivity contribution < 1.29 is 19.1 Å². The molecule has 1 heterocycles. The molecule has 7 nitrogen and oxygen atoms in total. The molecule has 29 heavy (non-hydrogen) atoms. The van der Waals surface area contributed by atoms with Gasteiger partial charge in [0.1, 0.15) is 0 Å². The van der Waals surface area contributed by atoms with Crippen molar-refractivity contribution >= 4 is 45.2 Å². The SMILES string of the molecule is COc1cc(Br)c([C@@H]2NC(=O)NC(C)=C2C(=O)Nc2ccc(Cl)cc2)cc1OC. The number of urea groups is 1. The van der Waals surface area contributed by atoms with Gasteiger partial charge in [-0.15, -0.1) is 0 Å². The smallest absolute Gasteiger partial charge is 0.319 e. The van der Waals surface area contributed by atoms with Crippen molar-refractivity contribution in [2.75, 3.05) is 19.5 Å². The van der Waals surface area contributed by atoms with E-state index >= 15 is 0 Å². The van der Waals surface area contributed by atoms with Gasteiger partial charge in [-0.25, -0.2) is 4.79 Å². The van der Waals surface area contributed by atoms with Gasteiger partial charge in [-0.3, -0.25) is 4.79 Å². The highest BCUT2D eigenvalue weighted by molar-refractivity contribution is 9.10. The number of hydrogen-bond acceptors (Lipinski definition) is 4. The zero-order chi connectivity index (χ0) is 21.1. The highest BCUT2D eigenvalue weighted by Gasteiger charge is 2.33. The van der Waals surface area contributed by atoms with Gasteiger partial charge in [0.25, 0.3) is 5.91 Å². The van der Waals surface area contributed by atoms with Crippen LogP contribution in [0.25, 0.3) is 0 Å². The van der Waals surface area contributed by atoms with Gasteiger partial charge in [0.05, 0.1) is 25.8 Å². The topological polar surface area (TPSA) is 88.7 Å². The Morgan fingerprint density at radius 2 is 1.76 bits per heavy atom.